The van der Waals surface area contributed by atoms with Crippen molar-refractivity contribution < 1.29 is 30.0 Å². The summed E-state index contributed by atoms with van der Waals surface area (Å²) in [5.41, 5.74) is 0.810. The van der Waals surface area contributed by atoms with Crippen LogP contribution in [0, 0.1) is 68.0 Å². The number of allylic oxidation sites excluding steroid dienone is 3. The molecule has 6 rings (SSSR count). The van der Waals surface area contributed by atoms with Crippen LogP contribution in [0.4, 0.5) is 0 Å². The number of carboxylic acid groups (broad SMARTS) is 2. The first kappa shape index (κ1) is 34.2. The lowest BCUT2D eigenvalue weighted by Crippen LogP contribution is -2.66. The lowest BCUT2D eigenvalue weighted by atomic mass is 9.33. The van der Waals surface area contributed by atoms with Gasteiger partial charge in [-0.3, -0.25) is 4.79 Å². The molecule has 12 atom stereocenters. The molecule has 0 heterocycles. The maximum absolute atomic E-state index is 13.0. The number of carbonyl (C=O) groups is 2. The maximum atomic E-state index is 13.0. The van der Waals surface area contributed by atoms with Gasteiger partial charge in [0.25, 0.3) is 0 Å². The van der Waals surface area contributed by atoms with Crippen molar-refractivity contribution in [1.29, 1.82) is 0 Å². The molecule has 0 aromatic rings. The van der Waals surface area contributed by atoms with Crippen LogP contribution < -0.4 is 0 Å². The topological polar surface area (TPSA) is 115 Å². The predicted octanol–water partition coefficient (Wildman–Crippen LogP) is 8.27. The Morgan fingerprint density at radius 1 is 0.848 bits per heavy atom. The second-order valence-corrected chi connectivity index (χ2v) is 19.2. The van der Waals surface area contributed by atoms with Crippen molar-refractivity contribution in [2.24, 2.45) is 68.0 Å². The Morgan fingerprint density at radius 3 is 2.22 bits per heavy atom. The number of fused-ring (bicyclic) bond motifs is 7. The van der Waals surface area contributed by atoms with Gasteiger partial charge in [0, 0.05) is 6.08 Å². The van der Waals surface area contributed by atoms with Crippen LogP contribution >= 0.6 is 0 Å². The van der Waals surface area contributed by atoms with Crippen LogP contribution in [0.25, 0.3) is 0 Å². The smallest absolute Gasteiger partial charge is 0.327 e. The van der Waals surface area contributed by atoms with Gasteiger partial charge in [0.2, 0.25) is 0 Å². The molecule has 5 fully saturated rings. The first-order chi connectivity index (χ1) is 21.3. The highest BCUT2D eigenvalue weighted by Gasteiger charge is 2.70. The van der Waals surface area contributed by atoms with Crippen LogP contribution in [0.2, 0.25) is 0 Å². The predicted molar refractivity (Wildman–Crippen MR) is 180 cm³/mol. The van der Waals surface area contributed by atoms with Gasteiger partial charge in [-0.25, -0.2) is 4.79 Å². The van der Waals surface area contributed by atoms with Crippen LogP contribution in [-0.4, -0.2) is 44.6 Å². The van der Waals surface area contributed by atoms with Crippen molar-refractivity contribution in [3.8, 4) is 0 Å². The fourth-order valence-corrected chi connectivity index (χ4v) is 13.6. The standard InChI is InChI=1S/C40H62O6/c1-35(2)16-18-40(34(45)46)19-17-38(6)26(28(40)22-35)10-12-32-37(5)23-30(42)27(36(3,4)31(37)14-15-39(32,38)7)21-25-20-24(8-11-29(25)41)9-13-33(43)44/h9-10,13,24-25,27-32,41-42H,8,11-12,14-23H2,1-7H3,(H,43,44)(H,45,46)/b13-9+/t24-,25-,27+,28+,29+,30+,31-,32+,37-,38+,39+,40-/m1/s1. The second kappa shape index (κ2) is 11.2. The minimum absolute atomic E-state index is 0.0391. The van der Waals surface area contributed by atoms with Crippen molar-refractivity contribution >= 4 is 11.9 Å². The van der Waals surface area contributed by atoms with Gasteiger partial charge in [0.1, 0.15) is 0 Å². The minimum Gasteiger partial charge on any atom is -0.481 e. The van der Waals surface area contributed by atoms with Crippen molar-refractivity contribution in [2.45, 2.75) is 144 Å². The molecular formula is C40H62O6. The van der Waals surface area contributed by atoms with Gasteiger partial charge in [0.15, 0.2) is 0 Å². The Kier molecular flexibility index (Phi) is 8.32. The van der Waals surface area contributed by atoms with Crippen LogP contribution in [0.3, 0.4) is 0 Å². The number of aliphatic hydroxyl groups excluding tert-OH is 2. The third-order valence-corrected chi connectivity index (χ3v) is 16.3. The maximum Gasteiger partial charge on any atom is 0.327 e. The molecule has 0 unspecified atom stereocenters. The Hall–Kier alpha value is -1.66. The van der Waals surface area contributed by atoms with E-state index in [4.69, 9.17) is 5.11 Å². The zero-order chi connectivity index (χ0) is 33.7. The molecule has 0 aliphatic heterocycles. The highest BCUT2D eigenvalue weighted by molar-refractivity contribution is 5.79. The number of rotatable bonds is 5. The van der Waals surface area contributed by atoms with Crippen molar-refractivity contribution in [1.82, 2.24) is 0 Å². The molecule has 0 aromatic heterocycles. The zero-order valence-corrected chi connectivity index (χ0v) is 29.6. The molecule has 6 aliphatic rings. The molecule has 0 amide bonds. The molecule has 0 spiro atoms. The Balaban J connectivity index is 1.29. The molecular weight excluding hydrogens is 576 g/mol. The fourth-order valence-electron chi connectivity index (χ4n) is 13.6. The summed E-state index contributed by atoms with van der Waals surface area (Å²) in [5.74, 6) is -0.249. The fraction of sp³-hybridized carbons (Fsp3) is 0.850. The van der Waals surface area contributed by atoms with E-state index < -0.39 is 29.6 Å². The van der Waals surface area contributed by atoms with Crippen LogP contribution in [0.5, 0.6) is 0 Å². The highest BCUT2D eigenvalue weighted by Crippen LogP contribution is 2.76. The molecule has 0 aromatic carbocycles. The first-order valence-electron chi connectivity index (χ1n) is 18.5. The van der Waals surface area contributed by atoms with Crippen LogP contribution in [0.1, 0.15) is 132 Å². The molecule has 0 radical (unpaired) electrons. The van der Waals surface area contributed by atoms with E-state index in [9.17, 15) is 24.9 Å². The van der Waals surface area contributed by atoms with Gasteiger partial charge < -0.3 is 20.4 Å². The highest BCUT2D eigenvalue weighted by atomic mass is 16.4. The average molecular weight is 639 g/mol. The molecule has 0 saturated heterocycles. The zero-order valence-electron chi connectivity index (χ0n) is 29.6. The van der Waals surface area contributed by atoms with E-state index in [-0.39, 0.29) is 50.7 Å². The Labute approximate surface area is 277 Å². The van der Waals surface area contributed by atoms with E-state index >= 15 is 0 Å². The molecule has 46 heavy (non-hydrogen) atoms. The summed E-state index contributed by atoms with van der Waals surface area (Å²) >= 11 is 0. The summed E-state index contributed by atoms with van der Waals surface area (Å²) < 4.78 is 0. The minimum atomic E-state index is -0.925. The number of hydrogen-bond donors (Lipinski definition) is 4. The van der Waals surface area contributed by atoms with E-state index in [2.05, 4.69) is 54.5 Å². The van der Waals surface area contributed by atoms with Gasteiger partial charge in [-0.15, -0.1) is 0 Å². The van der Waals surface area contributed by atoms with Crippen LogP contribution in [0.15, 0.2) is 23.8 Å². The third-order valence-electron chi connectivity index (χ3n) is 16.3. The summed E-state index contributed by atoms with van der Waals surface area (Å²) in [7, 11) is 0. The molecule has 0 bridgehead atoms. The van der Waals surface area contributed by atoms with Gasteiger partial charge >= 0.3 is 11.9 Å². The van der Waals surface area contributed by atoms with Crippen LogP contribution in [-0.2, 0) is 9.59 Å². The average Bonchev–Trinajstić information content (AvgIpc) is 2.95. The van der Waals surface area contributed by atoms with E-state index in [0.29, 0.717) is 18.3 Å². The van der Waals surface area contributed by atoms with E-state index in [1.54, 1.807) is 6.08 Å². The first-order valence-corrected chi connectivity index (χ1v) is 18.5. The van der Waals surface area contributed by atoms with E-state index in [1.807, 2.05) is 0 Å². The van der Waals surface area contributed by atoms with E-state index in [1.165, 1.54) is 11.6 Å². The summed E-state index contributed by atoms with van der Waals surface area (Å²) in [4.78, 5) is 24.1. The van der Waals surface area contributed by atoms with Gasteiger partial charge in [0.05, 0.1) is 17.6 Å². The van der Waals surface area contributed by atoms with Crippen molar-refractivity contribution in [2.75, 3.05) is 0 Å². The number of carboxylic acids is 2. The van der Waals surface area contributed by atoms with Crippen molar-refractivity contribution in [3.63, 3.8) is 0 Å². The summed E-state index contributed by atoms with van der Waals surface area (Å²) in [6, 6.07) is 0. The normalized spacial score (nSPS) is 49.5. The largest absolute Gasteiger partial charge is 0.481 e. The second-order valence-electron chi connectivity index (χ2n) is 19.2. The van der Waals surface area contributed by atoms with Gasteiger partial charge in [-0.05, 0) is 146 Å². The van der Waals surface area contributed by atoms with Gasteiger partial charge in [-0.2, -0.15) is 0 Å². The number of aliphatic hydroxyl groups is 2. The van der Waals surface area contributed by atoms with Crippen molar-refractivity contribution in [3.05, 3.63) is 23.8 Å². The lowest BCUT2D eigenvalue weighted by Gasteiger charge is -2.72. The number of aliphatic carboxylic acids is 2. The summed E-state index contributed by atoms with van der Waals surface area (Å²) in [6.45, 7) is 16.9. The molecule has 4 N–H and O–H groups in total. The summed E-state index contributed by atoms with van der Waals surface area (Å²) in [5, 5.41) is 43.0. The number of hydrogen-bond acceptors (Lipinski definition) is 4. The third kappa shape index (κ3) is 5.00. The molecule has 6 aliphatic carbocycles. The van der Waals surface area contributed by atoms with Gasteiger partial charge in [-0.1, -0.05) is 66.2 Å². The Morgan fingerprint density at radius 2 is 1.54 bits per heavy atom. The molecule has 6 nitrogen and oxygen atoms in total. The lowest BCUT2D eigenvalue weighted by molar-refractivity contribution is -0.221. The molecule has 258 valence electrons. The summed E-state index contributed by atoms with van der Waals surface area (Å²) in [6.07, 6.45) is 16.1. The Bertz CT molecular complexity index is 1300. The molecule has 6 heteroatoms. The monoisotopic (exact) mass is 638 g/mol. The SMILES string of the molecule is CC1(C)CC[C@@]2(C(=O)O)CC[C@@]3(C)C(=CC[C@H]4[C@]5(C)C[C@H](O)[C@H](C[C@H]6C[C@@H](/C=C/C(=O)O)CC[C@@H]6O)C(C)(C)[C@H]5CC[C@@]43C)[C@@H]2C1. The quantitative estimate of drug-likeness (QED) is 0.178. The van der Waals surface area contributed by atoms with E-state index in [0.717, 1.165) is 77.0 Å². The molecule has 5 saturated carbocycles.